The van der Waals surface area contributed by atoms with E-state index in [2.05, 4.69) is 50.4 Å². The number of hydrogen-bond acceptors (Lipinski definition) is 19. The van der Waals surface area contributed by atoms with Crippen molar-refractivity contribution in [3.05, 3.63) is 78.8 Å². The maximum Gasteiger partial charge on any atom is 0.313 e. The Balaban J connectivity index is 1.71. The second kappa shape index (κ2) is 15.9. The molecule has 0 radical (unpaired) electrons. The lowest BCUT2D eigenvalue weighted by Gasteiger charge is -2.14. The molecule has 0 spiro atoms. The Bertz CT molecular complexity index is 2650. The van der Waals surface area contributed by atoms with Crippen LogP contribution in [0.5, 0.6) is 5.75 Å². The van der Waals surface area contributed by atoms with Gasteiger partial charge in [0, 0.05) is 22.5 Å². The number of aromatic hydroxyl groups is 1. The van der Waals surface area contributed by atoms with E-state index in [0.717, 1.165) is 36.4 Å². The number of phenols is 1. The molecule has 284 valence electrons. The fraction of sp³-hybridized carbons (Fsp3) is 0.0370. The van der Waals surface area contributed by atoms with Gasteiger partial charge in [0.05, 0.1) is 22.6 Å². The van der Waals surface area contributed by atoms with Gasteiger partial charge in [-0.3, -0.25) is 13.7 Å². The lowest BCUT2D eigenvalue weighted by atomic mass is 10.1. The van der Waals surface area contributed by atoms with E-state index in [1.54, 1.807) is 0 Å². The van der Waals surface area contributed by atoms with Crippen molar-refractivity contribution in [3.63, 3.8) is 0 Å². The number of halogens is 2. The number of phenolic OH excluding ortho intramolecular Hbond substituents is 1. The van der Waals surface area contributed by atoms with E-state index in [1.165, 1.54) is 24.3 Å². The molecule has 1 heterocycles. The Morgan fingerprint density at radius 2 is 1.43 bits per heavy atom. The third-order valence-electron chi connectivity index (χ3n) is 6.64. The van der Waals surface area contributed by atoms with Crippen molar-refractivity contribution in [2.45, 2.75) is 14.7 Å². The van der Waals surface area contributed by atoms with Gasteiger partial charge in [-0.2, -0.15) is 44.0 Å². The third-order valence-corrected chi connectivity index (χ3v) is 9.57. The van der Waals surface area contributed by atoms with Crippen molar-refractivity contribution >= 4 is 93.1 Å². The molecule has 0 amide bonds. The number of benzene rings is 4. The quantitative estimate of drug-likeness (QED) is 0.0122. The van der Waals surface area contributed by atoms with Gasteiger partial charge in [-0.1, -0.05) is 17.2 Å². The van der Waals surface area contributed by atoms with Crippen LogP contribution in [0.25, 0.3) is 10.8 Å². The first-order chi connectivity index (χ1) is 25.3. The summed E-state index contributed by atoms with van der Waals surface area (Å²) in [6.45, 7) is 0. The summed E-state index contributed by atoms with van der Waals surface area (Å²) in [6, 6.07) is 12.0. The van der Waals surface area contributed by atoms with Crippen LogP contribution in [-0.2, 0) is 39.7 Å². The molecule has 0 atom stereocenters. The summed E-state index contributed by atoms with van der Waals surface area (Å²) in [4.78, 5) is 4.50. The first-order valence-corrected chi connectivity index (χ1v) is 19.2. The molecular weight excluding hydrogens is 811 g/mol. The molecule has 0 saturated heterocycles. The van der Waals surface area contributed by atoms with E-state index in [-0.39, 0.29) is 50.5 Å². The minimum atomic E-state index is -5.02. The fourth-order valence-electron chi connectivity index (χ4n) is 4.49. The molecule has 0 aliphatic heterocycles. The van der Waals surface area contributed by atoms with Crippen LogP contribution in [-0.4, -0.2) is 65.1 Å². The number of hydrogen-bond donors (Lipinski definition) is 7. The van der Waals surface area contributed by atoms with Crippen LogP contribution in [0.15, 0.2) is 102 Å². The molecule has 1 aromatic heterocycles. The molecule has 0 fully saturated rings. The number of anilines is 3. The largest absolute Gasteiger partial charge is 0.505 e. The normalized spacial score (nSPS) is 12.6. The lowest BCUT2D eigenvalue weighted by Crippen LogP contribution is -2.13. The van der Waals surface area contributed by atoms with Gasteiger partial charge in [0.25, 0.3) is 30.4 Å². The number of fused-ring (bicyclic) bond motifs is 1. The summed E-state index contributed by atoms with van der Waals surface area (Å²) >= 11 is 0.212. The Labute approximate surface area is 305 Å². The summed E-state index contributed by atoms with van der Waals surface area (Å²) in [5, 5.41) is 44.0. The number of rotatable bonds is 14. The number of nitrogens with zero attached hydrogens (tertiary/aromatic N) is 6. The molecule has 5 rings (SSSR count). The number of nitrogens with one attached hydrogen (secondary N) is 2. The van der Waals surface area contributed by atoms with Crippen molar-refractivity contribution in [2.24, 2.45) is 20.5 Å². The molecule has 0 aliphatic carbocycles. The zero-order valence-electron chi connectivity index (χ0n) is 26.1. The summed E-state index contributed by atoms with van der Waals surface area (Å²) < 4.78 is 132. The van der Waals surface area contributed by atoms with Crippen LogP contribution >= 0.6 is 12.0 Å². The maximum atomic E-state index is 13.6. The van der Waals surface area contributed by atoms with Crippen molar-refractivity contribution < 1.29 is 67.4 Å². The molecule has 21 nitrogen and oxygen atoms in total. The molecule has 0 bridgehead atoms. The molecule has 54 heavy (non-hydrogen) atoms. The molecule has 7 N–H and O–H groups in total. The predicted octanol–water partition coefficient (Wildman–Crippen LogP) is 6.37. The maximum absolute atomic E-state index is 13.6. The van der Waals surface area contributed by atoms with Gasteiger partial charge in [0.1, 0.15) is 44.2 Å². The Morgan fingerprint density at radius 3 is 2.09 bits per heavy atom. The summed E-state index contributed by atoms with van der Waals surface area (Å²) in [5.41, 5.74) is -2.09. The van der Waals surface area contributed by atoms with Crippen LogP contribution in [0, 0.1) is 12.0 Å². The summed E-state index contributed by atoms with van der Waals surface area (Å²) in [6.07, 6.45) is -1.43. The van der Waals surface area contributed by atoms with E-state index >= 15 is 0 Å². The standard InChI is InChI=1S/C27H20F2N8O13S4/c28-22-11-23(33-27(29)32-22)31-13-5-8-21(54(46,47)48)18(9-13)35-36-24-15-10-19(51-50-49-39)25(37-34-16-3-1-2-4-20(16)53(43,44)45)26(38)14(15)6-7-17(24)30-12-52(40,41)42/h1-11,30,38-39H,12H2,(H,31,32,33)(H,40,41,42)(H,43,44,45)(H,46,47,48)/b36-35+,37-34+. The van der Waals surface area contributed by atoms with Gasteiger partial charge in [-0.15, -0.1) is 24.8 Å². The van der Waals surface area contributed by atoms with Crippen molar-refractivity contribution in [2.75, 3.05) is 16.5 Å². The van der Waals surface area contributed by atoms with Crippen LogP contribution in [0.1, 0.15) is 0 Å². The van der Waals surface area contributed by atoms with Gasteiger partial charge in [-0.05, 0) is 48.5 Å². The van der Waals surface area contributed by atoms with E-state index in [1.807, 2.05) is 0 Å². The van der Waals surface area contributed by atoms with E-state index in [9.17, 15) is 52.8 Å². The van der Waals surface area contributed by atoms with Crippen molar-refractivity contribution in [1.82, 2.24) is 9.97 Å². The van der Waals surface area contributed by atoms with E-state index in [4.69, 9.17) is 5.26 Å². The average molecular weight is 831 g/mol. The predicted molar refractivity (Wildman–Crippen MR) is 182 cm³/mol. The summed E-state index contributed by atoms with van der Waals surface area (Å²) in [7, 11) is -14.5. The zero-order chi connectivity index (χ0) is 39.4. The Kier molecular flexibility index (Phi) is 11.8. The second-order valence-electron chi connectivity index (χ2n) is 10.2. The van der Waals surface area contributed by atoms with Gasteiger partial charge in [0.2, 0.25) is 5.95 Å². The van der Waals surface area contributed by atoms with E-state index < -0.39 is 81.0 Å². The molecule has 5 aromatic rings. The zero-order valence-corrected chi connectivity index (χ0v) is 29.4. The minimum absolute atomic E-state index is 0.0838. The third kappa shape index (κ3) is 9.79. The highest BCUT2D eigenvalue weighted by Crippen LogP contribution is 2.48. The van der Waals surface area contributed by atoms with Crippen molar-refractivity contribution in [3.8, 4) is 5.75 Å². The van der Waals surface area contributed by atoms with Crippen molar-refractivity contribution in [1.29, 1.82) is 0 Å². The second-order valence-corrected chi connectivity index (χ2v) is 15.2. The molecule has 0 unspecified atom stereocenters. The van der Waals surface area contributed by atoms with Crippen LogP contribution in [0.3, 0.4) is 0 Å². The van der Waals surface area contributed by atoms with Crippen LogP contribution < -0.4 is 10.6 Å². The molecule has 0 aliphatic rings. The minimum Gasteiger partial charge on any atom is -0.505 e. The van der Waals surface area contributed by atoms with Gasteiger partial charge < -0.3 is 15.7 Å². The monoisotopic (exact) mass is 830 g/mol. The van der Waals surface area contributed by atoms with Gasteiger partial charge in [-0.25, -0.2) is 5.26 Å². The lowest BCUT2D eigenvalue weighted by molar-refractivity contribution is -0.432. The summed E-state index contributed by atoms with van der Waals surface area (Å²) in [5.74, 6) is -3.48. The SMILES string of the molecule is O=S(=O)(O)CNc1ccc2c(O)c(/N=N/c3ccccc3S(=O)(=O)O)c(SOOO)cc2c1/N=N/c1cc(Nc2cc(F)nc(F)n2)ccc1S(=O)(=O)O. The average Bonchev–Trinajstić information content (AvgIpc) is 3.07. The van der Waals surface area contributed by atoms with E-state index in [0.29, 0.717) is 6.07 Å². The smallest absolute Gasteiger partial charge is 0.313 e. The highest BCUT2D eigenvalue weighted by atomic mass is 32.2. The number of aromatic nitrogens is 2. The highest BCUT2D eigenvalue weighted by Gasteiger charge is 2.22. The van der Waals surface area contributed by atoms with Crippen LogP contribution in [0.2, 0.25) is 0 Å². The van der Waals surface area contributed by atoms with Crippen LogP contribution in [0.4, 0.5) is 48.7 Å². The molecular formula is C27H20F2N8O13S4. The molecule has 4 aromatic carbocycles. The molecule has 27 heteroatoms. The van der Waals surface area contributed by atoms with Gasteiger partial charge >= 0.3 is 6.08 Å². The molecule has 0 saturated carbocycles. The first-order valence-electron chi connectivity index (χ1n) is 14.0. The van der Waals surface area contributed by atoms with Gasteiger partial charge in [0.15, 0.2) is 5.75 Å². The topological polar surface area (TPSA) is 321 Å². The number of azo groups is 2. The first kappa shape index (κ1) is 39.8. The highest BCUT2D eigenvalue weighted by molar-refractivity contribution is 7.94. The Morgan fingerprint density at radius 1 is 0.759 bits per heavy atom. The fourth-order valence-corrected chi connectivity index (χ4v) is 6.55. The Hall–Kier alpha value is -5.36.